The van der Waals surface area contributed by atoms with Crippen molar-refractivity contribution in [2.45, 2.75) is 33.2 Å². The number of carbonyl (C=O) groups excluding carboxylic acids is 2. The van der Waals surface area contributed by atoms with Gasteiger partial charge in [0.15, 0.2) is 0 Å². The van der Waals surface area contributed by atoms with Crippen LogP contribution in [0.3, 0.4) is 0 Å². The number of carboxylic acids is 1. The Morgan fingerprint density at radius 1 is 1.14 bits per heavy atom. The third kappa shape index (κ3) is 5.95. The maximum atomic E-state index is 11.9. The molecule has 22 heavy (non-hydrogen) atoms. The third-order valence-electron chi connectivity index (χ3n) is 3.06. The van der Waals surface area contributed by atoms with E-state index in [-0.39, 0.29) is 18.4 Å². The van der Waals surface area contributed by atoms with Crippen LogP contribution >= 0.6 is 0 Å². The van der Waals surface area contributed by atoms with E-state index in [0.29, 0.717) is 12.0 Å². The zero-order valence-corrected chi connectivity index (χ0v) is 13.1. The van der Waals surface area contributed by atoms with Crippen LogP contribution in [0.2, 0.25) is 0 Å². The first-order chi connectivity index (χ1) is 10.3. The summed E-state index contributed by atoms with van der Waals surface area (Å²) in [6.45, 7) is 5.41. The minimum absolute atomic E-state index is 0.142. The van der Waals surface area contributed by atoms with Crippen molar-refractivity contribution in [3.63, 3.8) is 0 Å². The summed E-state index contributed by atoms with van der Waals surface area (Å²) in [5.74, 6) is -1.82. The van der Waals surface area contributed by atoms with Crippen LogP contribution in [0.25, 0.3) is 0 Å². The topological polar surface area (TPSA) is 95.5 Å². The van der Waals surface area contributed by atoms with E-state index in [2.05, 4.69) is 10.6 Å². The van der Waals surface area contributed by atoms with Crippen molar-refractivity contribution in [2.24, 2.45) is 5.92 Å². The number of carbonyl (C=O) groups is 3. The molecule has 0 aliphatic rings. The van der Waals surface area contributed by atoms with Gasteiger partial charge in [-0.25, -0.2) is 4.79 Å². The van der Waals surface area contributed by atoms with Gasteiger partial charge in [-0.05, 0) is 31.4 Å². The Hall–Kier alpha value is -2.37. The average Bonchev–Trinajstić information content (AvgIpc) is 2.44. The lowest BCUT2D eigenvalue weighted by molar-refractivity contribution is -0.142. The maximum Gasteiger partial charge on any atom is 0.326 e. The number of nitrogens with one attached hydrogen (secondary N) is 2. The summed E-state index contributed by atoms with van der Waals surface area (Å²) in [7, 11) is 0. The molecule has 0 aliphatic carbocycles. The molecular formula is C16H22N2O4. The molecule has 2 amide bonds. The van der Waals surface area contributed by atoms with Gasteiger partial charge in [-0.2, -0.15) is 0 Å². The highest BCUT2D eigenvalue weighted by Crippen LogP contribution is 2.05. The summed E-state index contributed by atoms with van der Waals surface area (Å²) in [5, 5.41) is 13.9. The van der Waals surface area contributed by atoms with Crippen LogP contribution in [-0.2, 0) is 9.59 Å². The van der Waals surface area contributed by atoms with E-state index in [1.54, 1.807) is 24.3 Å². The fraction of sp³-hybridized carbons (Fsp3) is 0.438. The van der Waals surface area contributed by atoms with Crippen LogP contribution < -0.4 is 10.6 Å². The second-order valence-corrected chi connectivity index (χ2v) is 5.64. The smallest absolute Gasteiger partial charge is 0.326 e. The van der Waals surface area contributed by atoms with Gasteiger partial charge in [0, 0.05) is 5.56 Å². The molecule has 1 rings (SSSR count). The normalized spacial score (nSPS) is 11.8. The second-order valence-electron chi connectivity index (χ2n) is 5.64. The van der Waals surface area contributed by atoms with Gasteiger partial charge in [-0.1, -0.05) is 31.5 Å². The minimum Gasteiger partial charge on any atom is -0.480 e. The number of hydrogen-bond donors (Lipinski definition) is 3. The number of hydrogen-bond acceptors (Lipinski definition) is 3. The number of benzene rings is 1. The van der Waals surface area contributed by atoms with Gasteiger partial charge in [0.05, 0.1) is 6.54 Å². The van der Waals surface area contributed by atoms with Gasteiger partial charge >= 0.3 is 5.97 Å². The number of aliphatic carboxylic acids is 1. The van der Waals surface area contributed by atoms with Crippen LogP contribution in [0.4, 0.5) is 0 Å². The number of aryl methyl sites for hydroxylation is 1. The first-order valence-corrected chi connectivity index (χ1v) is 7.16. The molecule has 6 heteroatoms. The van der Waals surface area contributed by atoms with E-state index in [1.165, 1.54) is 0 Å². The summed E-state index contributed by atoms with van der Waals surface area (Å²) in [5.41, 5.74) is 1.49. The van der Waals surface area contributed by atoms with Gasteiger partial charge < -0.3 is 15.7 Å². The molecule has 1 aromatic rings. The van der Waals surface area contributed by atoms with Crippen molar-refractivity contribution >= 4 is 17.8 Å². The van der Waals surface area contributed by atoms with E-state index in [9.17, 15) is 14.4 Å². The summed E-state index contributed by atoms with van der Waals surface area (Å²) in [6, 6.07) is 6.00. The Kier molecular flexibility index (Phi) is 6.56. The molecule has 0 bridgehead atoms. The number of amides is 2. The zero-order valence-electron chi connectivity index (χ0n) is 13.1. The Morgan fingerprint density at radius 2 is 1.73 bits per heavy atom. The Morgan fingerprint density at radius 3 is 2.23 bits per heavy atom. The van der Waals surface area contributed by atoms with Crippen molar-refractivity contribution in [3.8, 4) is 0 Å². The monoisotopic (exact) mass is 306 g/mol. The van der Waals surface area contributed by atoms with E-state index >= 15 is 0 Å². The lowest BCUT2D eigenvalue weighted by Crippen LogP contribution is -2.46. The molecule has 0 saturated carbocycles. The standard InChI is InChI=1S/C16H22N2O4/c1-10(2)8-13(16(21)22)18-14(19)9-17-15(20)12-6-4-11(3)5-7-12/h4-7,10,13H,8-9H2,1-3H3,(H,17,20)(H,18,19)(H,21,22)/t13-/m0/s1. The van der Waals surface area contributed by atoms with Gasteiger partial charge in [0.1, 0.15) is 6.04 Å². The highest BCUT2D eigenvalue weighted by atomic mass is 16.4. The average molecular weight is 306 g/mol. The van der Waals surface area contributed by atoms with E-state index < -0.39 is 17.9 Å². The SMILES string of the molecule is Cc1ccc(C(=O)NCC(=O)N[C@@H](CC(C)C)C(=O)O)cc1. The highest BCUT2D eigenvalue weighted by molar-refractivity contribution is 5.96. The first kappa shape index (κ1) is 17.7. The van der Waals surface area contributed by atoms with Crippen LogP contribution in [0, 0.1) is 12.8 Å². The predicted molar refractivity (Wildman–Crippen MR) is 82.5 cm³/mol. The van der Waals surface area contributed by atoms with Gasteiger partial charge in [0.2, 0.25) is 5.91 Å². The molecule has 6 nitrogen and oxygen atoms in total. The van der Waals surface area contributed by atoms with E-state index in [4.69, 9.17) is 5.11 Å². The second kappa shape index (κ2) is 8.17. The van der Waals surface area contributed by atoms with Crippen molar-refractivity contribution in [1.82, 2.24) is 10.6 Å². The highest BCUT2D eigenvalue weighted by Gasteiger charge is 2.21. The summed E-state index contributed by atoms with van der Waals surface area (Å²) in [6.07, 6.45) is 0.340. The van der Waals surface area contributed by atoms with Crippen molar-refractivity contribution < 1.29 is 19.5 Å². The molecule has 0 heterocycles. The number of carboxylic acid groups (broad SMARTS) is 1. The van der Waals surface area contributed by atoms with Crippen molar-refractivity contribution in [2.75, 3.05) is 6.54 Å². The summed E-state index contributed by atoms with van der Waals surface area (Å²) >= 11 is 0. The lowest BCUT2D eigenvalue weighted by atomic mass is 10.0. The quantitative estimate of drug-likeness (QED) is 0.708. The molecule has 0 aliphatic heterocycles. The lowest BCUT2D eigenvalue weighted by Gasteiger charge is -2.16. The van der Waals surface area contributed by atoms with E-state index in [1.807, 2.05) is 20.8 Å². The molecule has 0 saturated heterocycles. The van der Waals surface area contributed by atoms with Crippen LogP contribution in [0.5, 0.6) is 0 Å². The van der Waals surface area contributed by atoms with Crippen LogP contribution in [0.1, 0.15) is 36.2 Å². The molecular weight excluding hydrogens is 284 g/mol. The maximum absolute atomic E-state index is 11.9. The zero-order chi connectivity index (χ0) is 16.7. The van der Waals surface area contributed by atoms with E-state index in [0.717, 1.165) is 5.56 Å². The summed E-state index contributed by atoms with van der Waals surface area (Å²) < 4.78 is 0. The summed E-state index contributed by atoms with van der Waals surface area (Å²) in [4.78, 5) is 34.7. The minimum atomic E-state index is -1.08. The molecule has 120 valence electrons. The molecule has 0 radical (unpaired) electrons. The van der Waals surface area contributed by atoms with Crippen LogP contribution in [0.15, 0.2) is 24.3 Å². The molecule has 0 unspecified atom stereocenters. The largest absolute Gasteiger partial charge is 0.480 e. The molecule has 0 spiro atoms. The number of rotatable bonds is 7. The molecule has 0 aromatic heterocycles. The first-order valence-electron chi connectivity index (χ1n) is 7.16. The molecule has 0 fully saturated rings. The Bertz CT molecular complexity index is 538. The fourth-order valence-corrected chi connectivity index (χ4v) is 1.91. The molecule has 1 aromatic carbocycles. The van der Waals surface area contributed by atoms with Crippen molar-refractivity contribution in [1.29, 1.82) is 0 Å². The van der Waals surface area contributed by atoms with Crippen molar-refractivity contribution in [3.05, 3.63) is 35.4 Å². The molecule has 3 N–H and O–H groups in total. The van der Waals surface area contributed by atoms with Gasteiger partial charge in [-0.15, -0.1) is 0 Å². The third-order valence-corrected chi connectivity index (χ3v) is 3.06. The van der Waals surface area contributed by atoms with Crippen LogP contribution in [-0.4, -0.2) is 35.5 Å². The fourth-order valence-electron chi connectivity index (χ4n) is 1.91. The molecule has 1 atom stereocenters. The predicted octanol–water partition coefficient (Wildman–Crippen LogP) is 1.34. The Labute approximate surface area is 129 Å². The van der Waals surface area contributed by atoms with Gasteiger partial charge in [-0.3, -0.25) is 9.59 Å². The Balaban J connectivity index is 2.49. The van der Waals surface area contributed by atoms with Gasteiger partial charge in [0.25, 0.3) is 5.91 Å².